The van der Waals surface area contributed by atoms with E-state index in [-0.39, 0.29) is 65.8 Å². The highest BCUT2D eigenvalue weighted by Gasteiger charge is 2.67. The van der Waals surface area contributed by atoms with Crippen LogP contribution in [0.4, 0.5) is 17.1 Å². The zero-order valence-corrected chi connectivity index (χ0v) is 22.0. The molecule has 4 aliphatic carbocycles. The first-order chi connectivity index (χ1) is 19.1. The number of nitrogens with zero attached hydrogens (tertiary/aromatic N) is 3. The van der Waals surface area contributed by atoms with Crippen LogP contribution >= 0.6 is 0 Å². The zero-order valence-electron chi connectivity index (χ0n) is 22.0. The fraction of sp³-hybridized carbons (Fsp3) is 0.400. The molecule has 0 aromatic heterocycles. The van der Waals surface area contributed by atoms with Gasteiger partial charge in [-0.25, -0.2) is 4.90 Å². The van der Waals surface area contributed by atoms with Gasteiger partial charge in [0.2, 0.25) is 17.7 Å². The van der Waals surface area contributed by atoms with Gasteiger partial charge in [-0.2, -0.15) is 0 Å². The molecule has 6 aliphatic rings. The van der Waals surface area contributed by atoms with E-state index in [1.54, 1.807) is 44.2 Å². The second kappa shape index (κ2) is 8.58. The fourth-order valence-corrected chi connectivity index (χ4v) is 7.41. The average molecular weight is 542 g/mol. The molecule has 2 aromatic rings. The van der Waals surface area contributed by atoms with E-state index in [0.717, 1.165) is 6.42 Å². The van der Waals surface area contributed by atoms with Gasteiger partial charge in [0.1, 0.15) is 5.75 Å². The summed E-state index contributed by atoms with van der Waals surface area (Å²) in [7, 11) is 0. The van der Waals surface area contributed by atoms with Crippen molar-refractivity contribution in [3.63, 3.8) is 0 Å². The molecule has 8 rings (SSSR count). The van der Waals surface area contributed by atoms with Crippen LogP contribution < -0.4 is 14.5 Å². The molecule has 10 heteroatoms. The van der Waals surface area contributed by atoms with E-state index in [9.17, 15) is 29.3 Å². The molecular weight excluding hydrogens is 514 g/mol. The number of allylic oxidation sites excluding steroid dienone is 2. The van der Waals surface area contributed by atoms with Gasteiger partial charge >= 0.3 is 5.97 Å². The SMILES string of the molecule is Cc1cc(OC(=O)[C@@H]2CC(=O)N(c3ccc(C)c([N+](=O)[O-])c3)C2)ccc1N1C(=O)[C@@H]2[C@H]3C=C[C@@H]([C@@H]4C[C@@H]34)[C@H]2C1=O. The predicted molar refractivity (Wildman–Crippen MR) is 142 cm³/mol. The van der Waals surface area contributed by atoms with E-state index in [1.807, 2.05) is 0 Å². The Balaban J connectivity index is 1.06. The standard InChI is InChI=1S/C30H27N3O7/c1-14-3-4-17(11-24(14)33(38)39)31-13-16(10-25(31)34)30(37)40-18-5-8-23(15(2)9-18)32-28(35)26-19-6-7-20(22-12-21(19)22)27(26)29(32)36/h3-9,11,16,19-22,26-27H,10,12-13H2,1-2H3/t16-,19+,20+,21+,22+,26-,27-/m1/s1. The second-order valence-corrected chi connectivity index (χ2v) is 11.7. The lowest BCUT2D eigenvalue weighted by Crippen LogP contribution is -2.40. The Morgan fingerprint density at radius 2 is 1.62 bits per heavy atom. The largest absolute Gasteiger partial charge is 0.426 e. The molecule has 2 aromatic carbocycles. The normalized spacial score (nSPS) is 31.4. The summed E-state index contributed by atoms with van der Waals surface area (Å²) < 4.78 is 5.60. The fourth-order valence-electron chi connectivity index (χ4n) is 7.41. The molecule has 10 nitrogen and oxygen atoms in total. The topological polar surface area (TPSA) is 127 Å². The average Bonchev–Trinajstić information content (AvgIpc) is 3.60. The third kappa shape index (κ3) is 3.54. The van der Waals surface area contributed by atoms with Crippen LogP contribution in [0.15, 0.2) is 48.6 Å². The molecule has 0 N–H and O–H groups in total. The van der Waals surface area contributed by atoms with Gasteiger partial charge in [0, 0.05) is 24.6 Å². The first-order valence-corrected chi connectivity index (χ1v) is 13.6. The minimum atomic E-state index is -0.743. The molecular formula is C30H27N3O7. The Morgan fingerprint density at radius 1 is 0.950 bits per heavy atom. The number of rotatable bonds is 5. The second-order valence-electron chi connectivity index (χ2n) is 11.7. The van der Waals surface area contributed by atoms with Crippen LogP contribution in [-0.2, 0) is 19.2 Å². The van der Waals surface area contributed by atoms with Crippen molar-refractivity contribution in [1.29, 1.82) is 0 Å². The van der Waals surface area contributed by atoms with Gasteiger partial charge in [-0.1, -0.05) is 18.2 Å². The summed E-state index contributed by atoms with van der Waals surface area (Å²) >= 11 is 0. The van der Waals surface area contributed by atoms with Crippen LogP contribution in [-0.4, -0.2) is 35.2 Å². The Hall–Kier alpha value is -4.34. The molecule has 3 amide bonds. The van der Waals surface area contributed by atoms with Gasteiger partial charge in [0.15, 0.2) is 0 Å². The number of hydrogen-bond acceptors (Lipinski definition) is 7. The van der Waals surface area contributed by atoms with Crippen LogP contribution in [0.3, 0.4) is 0 Å². The highest BCUT2D eigenvalue weighted by Crippen LogP contribution is 2.65. The minimum Gasteiger partial charge on any atom is -0.426 e. The van der Waals surface area contributed by atoms with E-state index in [1.165, 1.54) is 15.9 Å². The first kappa shape index (κ1) is 24.7. The van der Waals surface area contributed by atoms with Crippen LogP contribution in [0.5, 0.6) is 5.75 Å². The number of ether oxygens (including phenoxy) is 1. The Bertz CT molecular complexity index is 1530. The molecule has 0 unspecified atom stereocenters. The van der Waals surface area contributed by atoms with E-state index < -0.39 is 16.8 Å². The monoisotopic (exact) mass is 541 g/mol. The van der Waals surface area contributed by atoms with Gasteiger partial charge in [-0.3, -0.25) is 29.3 Å². The zero-order chi connectivity index (χ0) is 28.0. The maximum absolute atomic E-state index is 13.5. The Labute approximate surface area is 229 Å². The highest BCUT2D eigenvalue weighted by molar-refractivity contribution is 6.23. The Kier molecular flexibility index (Phi) is 5.29. The lowest BCUT2D eigenvalue weighted by molar-refractivity contribution is -0.385. The quantitative estimate of drug-likeness (QED) is 0.141. The molecule has 0 radical (unpaired) electrons. The Morgan fingerprint density at radius 3 is 2.25 bits per heavy atom. The van der Waals surface area contributed by atoms with E-state index in [4.69, 9.17) is 4.74 Å². The number of nitro groups is 1. The number of carbonyl (C=O) groups is 4. The van der Waals surface area contributed by atoms with Crippen LogP contribution in [0.25, 0.3) is 0 Å². The minimum absolute atomic E-state index is 0.0485. The predicted octanol–water partition coefficient (Wildman–Crippen LogP) is 3.73. The summed E-state index contributed by atoms with van der Waals surface area (Å²) in [4.78, 5) is 66.1. The number of esters is 1. The van der Waals surface area contributed by atoms with Gasteiger partial charge in [-0.05, 0) is 73.8 Å². The van der Waals surface area contributed by atoms with Crippen LogP contribution in [0.1, 0.15) is 24.0 Å². The van der Waals surface area contributed by atoms with E-state index in [2.05, 4.69) is 12.2 Å². The highest BCUT2D eigenvalue weighted by atomic mass is 16.6. The van der Waals surface area contributed by atoms with Crippen molar-refractivity contribution in [2.75, 3.05) is 16.3 Å². The van der Waals surface area contributed by atoms with Crippen LogP contribution in [0, 0.1) is 65.4 Å². The maximum Gasteiger partial charge on any atom is 0.316 e. The summed E-state index contributed by atoms with van der Waals surface area (Å²) in [6, 6.07) is 9.36. The third-order valence-corrected chi connectivity index (χ3v) is 9.45. The first-order valence-electron chi connectivity index (χ1n) is 13.6. The van der Waals surface area contributed by atoms with Crippen molar-refractivity contribution >= 4 is 40.8 Å². The molecule has 2 saturated carbocycles. The lowest BCUT2D eigenvalue weighted by atomic mass is 9.63. The number of carbonyl (C=O) groups excluding carboxylic acids is 4. The number of hydrogen-bond donors (Lipinski definition) is 0. The smallest absolute Gasteiger partial charge is 0.316 e. The third-order valence-electron chi connectivity index (χ3n) is 9.45. The summed E-state index contributed by atoms with van der Waals surface area (Å²) in [6.07, 6.45) is 5.30. The number of anilines is 2. The molecule has 40 heavy (non-hydrogen) atoms. The molecule has 7 atom stereocenters. The lowest BCUT2D eigenvalue weighted by Gasteiger charge is -2.37. The van der Waals surface area contributed by atoms with Gasteiger partial charge in [0.05, 0.1) is 34.1 Å². The summed E-state index contributed by atoms with van der Waals surface area (Å²) in [5.74, 6) is -0.946. The molecule has 4 fully saturated rings. The van der Waals surface area contributed by atoms with Gasteiger partial charge in [0.25, 0.3) is 5.69 Å². The van der Waals surface area contributed by atoms with Crippen molar-refractivity contribution in [3.8, 4) is 5.75 Å². The number of benzene rings is 2. The van der Waals surface area contributed by atoms with Gasteiger partial charge in [-0.15, -0.1) is 0 Å². The summed E-state index contributed by atoms with van der Waals surface area (Å²) in [5.41, 5.74) is 1.88. The molecule has 2 saturated heterocycles. The van der Waals surface area contributed by atoms with Gasteiger partial charge < -0.3 is 9.64 Å². The molecule has 2 heterocycles. The van der Waals surface area contributed by atoms with E-state index >= 15 is 0 Å². The van der Waals surface area contributed by atoms with Crippen molar-refractivity contribution < 1.29 is 28.8 Å². The number of nitro benzene ring substituents is 1. The number of aryl methyl sites for hydroxylation is 2. The maximum atomic E-state index is 13.5. The molecule has 2 aliphatic heterocycles. The molecule has 0 spiro atoms. The van der Waals surface area contributed by atoms with Crippen molar-refractivity contribution in [1.82, 2.24) is 0 Å². The number of amides is 3. The summed E-state index contributed by atoms with van der Waals surface area (Å²) in [5, 5.41) is 11.3. The molecule has 2 bridgehead atoms. The number of imide groups is 1. The summed E-state index contributed by atoms with van der Waals surface area (Å²) in [6.45, 7) is 3.44. The van der Waals surface area contributed by atoms with Crippen molar-refractivity contribution in [2.45, 2.75) is 26.7 Å². The van der Waals surface area contributed by atoms with E-state index in [0.29, 0.717) is 34.3 Å². The van der Waals surface area contributed by atoms with Crippen molar-refractivity contribution in [2.24, 2.45) is 41.4 Å². The van der Waals surface area contributed by atoms with Crippen LogP contribution in [0.2, 0.25) is 0 Å². The molecule has 204 valence electrons. The van der Waals surface area contributed by atoms with Crippen molar-refractivity contribution in [3.05, 3.63) is 69.8 Å².